The van der Waals surface area contributed by atoms with Crippen LogP contribution in [0.25, 0.3) is 0 Å². The lowest BCUT2D eigenvalue weighted by Crippen LogP contribution is -2.63. The number of aliphatic hydroxyl groups excluding tert-OH is 8. The molecule has 0 amide bonds. The number of hydrogen-bond donors (Lipinski definition) is 8. The zero-order chi connectivity index (χ0) is 80.8. The summed E-state index contributed by atoms with van der Waals surface area (Å²) in [5.74, 6) is 1.47. The molecule has 2 heterocycles. The van der Waals surface area contributed by atoms with Crippen LogP contribution in [0.4, 0.5) is 0 Å². The number of rotatable bonds is 85. The van der Waals surface area contributed by atoms with Gasteiger partial charge >= 0.3 is 5.97 Å². The molecule has 1 aliphatic carbocycles. The van der Waals surface area contributed by atoms with Gasteiger partial charge in [-0.2, -0.15) is 0 Å². The van der Waals surface area contributed by atoms with E-state index < -0.39 is 92.6 Å². The minimum atomic E-state index is -1.83. The molecule has 15 atom stereocenters. The molecule has 14 nitrogen and oxygen atoms in total. The van der Waals surface area contributed by atoms with Gasteiger partial charge in [0.1, 0.15) is 61.2 Å². The molecule has 3 aliphatic rings. The zero-order valence-corrected chi connectivity index (χ0v) is 73.8. The number of ether oxygens (including phenoxy) is 4. The van der Waals surface area contributed by atoms with E-state index in [1.807, 2.05) is 0 Å². The SMILES string of the molecule is CCCCCCCCCCCCCCCCCCCCCCCCC(C(=O)OC[C@H]1O[C@H](O[C@H]2O[C@H](CO)[C@@H](O)[C@H](O)[C@H]2O)[C@H](O)[C@@H](O)[C@@H]1O)[C@H](O)CCCCCCCCCCCCCCCCCCCC1CC1CCCCCCCCCCCCCCCCC(=O)C(C)CCCCCCCCCCCCCCCCCC. The van der Waals surface area contributed by atoms with Crippen LogP contribution in [0.15, 0.2) is 0 Å². The maximum Gasteiger partial charge on any atom is 0.311 e. The smallest absolute Gasteiger partial charge is 0.311 e. The first-order valence-electron chi connectivity index (χ1n) is 49.9. The molecule has 14 heteroatoms. The molecule has 0 aromatic rings. The number of aliphatic hydroxyl groups is 8. The van der Waals surface area contributed by atoms with Gasteiger partial charge in [0, 0.05) is 12.3 Å². The fraction of sp³-hybridized carbons (Fsp3) is 0.980. The van der Waals surface area contributed by atoms with Crippen molar-refractivity contribution in [3.63, 3.8) is 0 Å². The molecule has 664 valence electrons. The Morgan fingerprint density at radius 2 is 0.580 bits per heavy atom. The van der Waals surface area contributed by atoms with Gasteiger partial charge in [0.25, 0.3) is 0 Å². The summed E-state index contributed by atoms with van der Waals surface area (Å²) >= 11 is 0. The lowest BCUT2D eigenvalue weighted by Gasteiger charge is -2.44. The van der Waals surface area contributed by atoms with Crippen molar-refractivity contribution < 1.29 is 69.4 Å². The van der Waals surface area contributed by atoms with E-state index in [9.17, 15) is 50.4 Å². The quantitative estimate of drug-likeness (QED) is 0.0209. The van der Waals surface area contributed by atoms with Crippen molar-refractivity contribution >= 4 is 11.8 Å². The van der Waals surface area contributed by atoms with E-state index in [1.165, 1.54) is 411 Å². The molecule has 4 unspecified atom stereocenters. The van der Waals surface area contributed by atoms with Gasteiger partial charge in [0.2, 0.25) is 0 Å². The van der Waals surface area contributed by atoms with Gasteiger partial charge in [0.15, 0.2) is 12.6 Å². The Labute approximate surface area is 690 Å². The Kier molecular flexibility index (Phi) is 70.0. The molecule has 0 aromatic heterocycles. The fourth-order valence-electron chi connectivity index (χ4n) is 18.1. The molecule has 2 aliphatic heterocycles. The topological polar surface area (TPSA) is 233 Å². The van der Waals surface area contributed by atoms with Crippen molar-refractivity contribution in [2.24, 2.45) is 23.7 Å². The van der Waals surface area contributed by atoms with E-state index in [4.69, 9.17) is 18.9 Å². The van der Waals surface area contributed by atoms with Crippen molar-refractivity contribution in [1.82, 2.24) is 0 Å². The largest absolute Gasteiger partial charge is 0.463 e. The molecule has 8 N–H and O–H groups in total. The Hall–Kier alpha value is -1.30. The van der Waals surface area contributed by atoms with Gasteiger partial charge in [0.05, 0.1) is 18.6 Å². The minimum Gasteiger partial charge on any atom is -0.463 e. The minimum absolute atomic E-state index is 0.268. The second kappa shape index (κ2) is 74.7. The maximum absolute atomic E-state index is 13.9. The van der Waals surface area contributed by atoms with Crippen LogP contribution >= 0.6 is 0 Å². The van der Waals surface area contributed by atoms with E-state index in [2.05, 4.69) is 20.8 Å². The first-order valence-corrected chi connectivity index (χ1v) is 49.9. The highest BCUT2D eigenvalue weighted by atomic mass is 16.8. The van der Waals surface area contributed by atoms with E-state index in [-0.39, 0.29) is 5.92 Å². The summed E-state index contributed by atoms with van der Waals surface area (Å²) in [5.41, 5.74) is 0. The molecule has 2 saturated heterocycles. The van der Waals surface area contributed by atoms with Crippen LogP contribution in [0.5, 0.6) is 0 Å². The molecule has 0 bridgehead atoms. The van der Waals surface area contributed by atoms with Crippen LogP contribution in [0.2, 0.25) is 0 Å². The van der Waals surface area contributed by atoms with Crippen LogP contribution in [0.1, 0.15) is 509 Å². The summed E-state index contributed by atoms with van der Waals surface area (Å²) in [4.78, 5) is 26.6. The van der Waals surface area contributed by atoms with Gasteiger partial charge in [-0.05, 0) is 43.9 Å². The number of Topliss-reactive ketones (excluding diaryl/α,β-unsaturated/α-hetero) is 1. The lowest BCUT2D eigenvalue weighted by atomic mass is 9.91. The highest BCUT2D eigenvalue weighted by Crippen LogP contribution is 2.46. The van der Waals surface area contributed by atoms with Crippen LogP contribution in [-0.4, -0.2) is 133 Å². The Morgan fingerprint density at radius 1 is 0.321 bits per heavy atom. The van der Waals surface area contributed by atoms with Crippen molar-refractivity contribution in [3.05, 3.63) is 0 Å². The van der Waals surface area contributed by atoms with Gasteiger partial charge in [-0.25, -0.2) is 0 Å². The number of ketones is 1. The van der Waals surface area contributed by atoms with Gasteiger partial charge in [-0.1, -0.05) is 470 Å². The number of carbonyl (C=O) groups is 2. The van der Waals surface area contributed by atoms with E-state index in [0.29, 0.717) is 18.6 Å². The molecule has 112 heavy (non-hydrogen) atoms. The van der Waals surface area contributed by atoms with Crippen molar-refractivity contribution in [2.75, 3.05) is 13.2 Å². The summed E-state index contributed by atoms with van der Waals surface area (Å²) in [7, 11) is 0. The Morgan fingerprint density at radius 3 is 0.893 bits per heavy atom. The van der Waals surface area contributed by atoms with Crippen LogP contribution in [0, 0.1) is 23.7 Å². The van der Waals surface area contributed by atoms with Crippen molar-refractivity contribution in [3.8, 4) is 0 Å². The maximum atomic E-state index is 13.9. The number of unbranched alkanes of at least 4 members (excludes halogenated alkanes) is 65. The molecule has 3 rings (SSSR count). The van der Waals surface area contributed by atoms with Crippen molar-refractivity contribution in [1.29, 1.82) is 0 Å². The van der Waals surface area contributed by atoms with Crippen LogP contribution in [0.3, 0.4) is 0 Å². The molecule has 0 radical (unpaired) electrons. The fourth-order valence-corrected chi connectivity index (χ4v) is 18.1. The highest BCUT2D eigenvalue weighted by Gasteiger charge is 2.50. The van der Waals surface area contributed by atoms with E-state index in [1.54, 1.807) is 0 Å². The summed E-state index contributed by atoms with van der Waals surface area (Å²) in [6.45, 7) is 5.54. The third-order valence-electron chi connectivity index (χ3n) is 26.2. The normalized spacial score (nSPS) is 22.7. The van der Waals surface area contributed by atoms with Crippen LogP contribution in [-0.2, 0) is 28.5 Å². The molecule has 0 spiro atoms. The Balaban J connectivity index is 1.11. The number of esters is 1. The van der Waals surface area contributed by atoms with Gasteiger partial charge in [-0.15, -0.1) is 0 Å². The van der Waals surface area contributed by atoms with Gasteiger partial charge in [-0.3, -0.25) is 9.59 Å². The average Bonchev–Trinajstić information content (AvgIpc) is 1.19. The third kappa shape index (κ3) is 55.5. The number of hydrogen-bond acceptors (Lipinski definition) is 14. The van der Waals surface area contributed by atoms with Crippen molar-refractivity contribution in [2.45, 2.75) is 576 Å². The molecular formula is C98H188O14. The summed E-state index contributed by atoms with van der Waals surface area (Å²) in [6.07, 6.45) is 81.6. The Bertz CT molecular complexity index is 2030. The molecule has 1 saturated carbocycles. The highest BCUT2D eigenvalue weighted by molar-refractivity contribution is 5.80. The second-order valence-electron chi connectivity index (χ2n) is 36.7. The zero-order valence-electron chi connectivity index (χ0n) is 73.8. The lowest BCUT2D eigenvalue weighted by molar-refractivity contribution is -0.376. The van der Waals surface area contributed by atoms with E-state index >= 15 is 0 Å². The average molecular weight is 1590 g/mol. The molecule has 3 fully saturated rings. The monoisotopic (exact) mass is 1590 g/mol. The predicted octanol–water partition coefficient (Wildman–Crippen LogP) is 25.3. The first-order chi connectivity index (χ1) is 54.8. The molecule has 0 aromatic carbocycles. The summed E-state index contributed by atoms with van der Waals surface area (Å²) in [6, 6.07) is 0. The molecular weight excluding hydrogens is 1400 g/mol. The van der Waals surface area contributed by atoms with E-state index in [0.717, 1.165) is 76.0 Å². The second-order valence-corrected chi connectivity index (χ2v) is 36.7. The number of carbonyl (C=O) groups excluding carboxylic acids is 2. The predicted molar refractivity (Wildman–Crippen MR) is 465 cm³/mol. The summed E-state index contributed by atoms with van der Waals surface area (Å²) < 4.78 is 22.5. The standard InChI is InChI=1S/C98H188O14/c1-4-6-8-10-12-14-16-18-20-22-23-24-25-26-29-33-40-46-52-58-64-70-76-85(96(108)109-81-89-91(103)93(105)95(107)98(111-89)112-97-94(106)92(104)90(102)88(80-99)110-97)87(101)78-72-66-60-54-48-42-34-30-27-28-32-38-44-50-56-62-68-74-83-79-84(83)75-69-63-57-51-45-39-35-36-41-47-53-59-65-71-77-86(100)82(3)73-67-61-55-49-43-37-31-21-19-17-15-13-11-9-7-5-2/h82-85,87-95,97-99,101-107H,4-81H2,1-3H3/t82?,83?,84?,85?,87-,88-,89-,90-,91-,92+,93+,94-,95-,97-,98-/m1/s1. The van der Waals surface area contributed by atoms with Crippen LogP contribution < -0.4 is 0 Å². The third-order valence-corrected chi connectivity index (χ3v) is 26.2. The van der Waals surface area contributed by atoms with Gasteiger partial charge < -0.3 is 59.8 Å². The summed E-state index contributed by atoms with van der Waals surface area (Å²) in [5, 5.41) is 84.6. The first kappa shape index (κ1) is 105.